The lowest BCUT2D eigenvalue weighted by Crippen LogP contribution is -2.59. The lowest BCUT2D eigenvalue weighted by atomic mass is 9.99. The van der Waals surface area contributed by atoms with Gasteiger partial charge in [0.2, 0.25) is 0 Å². The van der Waals surface area contributed by atoms with Crippen molar-refractivity contribution < 1.29 is 48.6 Å². The van der Waals surface area contributed by atoms with E-state index in [-0.39, 0.29) is 40.9 Å². The first-order valence-electron chi connectivity index (χ1n) is 12.1. The Hall–Kier alpha value is -3.17. The van der Waals surface area contributed by atoms with Crippen molar-refractivity contribution in [3.05, 3.63) is 58.1 Å². The normalized spacial score (nSPS) is 22.5. The van der Waals surface area contributed by atoms with Gasteiger partial charge in [0.25, 0.3) is 0 Å². The minimum Gasteiger partial charge on any atom is -0.493 e. The molecule has 0 amide bonds. The first-order valence-corrected chi connectivity index (χ1v) is 12.5. The summed E-state index contributed by atoms with van der Waals surface area (Å²) in [6.45, 7) is -0.304. The van der Waals surface area contributed by atoms with Gasteiger partial charge in [-0.1, -0.05) is 35.9 Å². The van der Waals surface area contributed by atoms with Gasteiger partial charge in [-0.15, -0.1) is 12.3 Å². The maximum Gasteiger partial charge on any atom is 0.338 e. The highest BCUT2D eigenvalue weighted by molar-refractivity contribution is 6.32. The molecule has 10 nitrogen and oxygen atoms in total. The van der Waals surface area contributed by atoms with Crippen LogP contribution in [0.3, 0.4) is 0 Å². The number of Topliss-reactive ketones (excluding diaryl/α,β-unsaturated/α-hetero) is 1. The summed E-state index contributed by atoms with van der Waals surface area (Å²) in [5, 5.41) is 30.1. The Balaban J connectivity index is 1.64. The van der Waals surface area contributed by atoms with Crippen molar-refractivity contribution in [2.45, 2.75) is 56.6 Å². The zero-order chi connectivity index (χ0) is 28.5. The van der Waals surface area contributed by atoms with Gasteiger partial charge in [0.15, 0.2) is 17.8 Å². The van der Waals surface area contributed by atoms with Crippen LogP contribution in [-0.4, -0.2) is 78.6 Å². The Bertz CT molecular complexity index is 1190. The quantitative estimate of drug-likeness (QED) is 0.260. The molecule has 2 aromatic rings. The van der Waals surface area contributed by atoms with Gasteiger partial charge in [0, 0.05) is 26.4 Å². The van der Waals surface area contributed by atoms with Crippen LogP contribution >= 0.6 is 11.6 Å². The van der Waals surface area contributed by atoms with Crippen molar-refractivity contribution in [3.8, 4) is 23.8 Å². The maximum absolute atomic E-state index is 12.7. The third-order valence-electron chi connectivity index (χ3n) is 6.07. The zero-order valence-corrected chi connectivity index (χ0v) is 22.3. The summed E-state index contributed by atoms with van der Waals surface area (Å²) in [5.41, 5.74) is 1.68. The third kappa shape index (κ3) is 7.92. The number of carbonyl (C=O) groups is 2. The number of esters is 1. The Kier molecular flexibility index (Phi) is 11.1. The van der Waals surface area contributed by atoms with Crippen LogP contribution in [0.15, 0.2) is 36.4 Å². The monoisotopic (exact) mass is 562 g/mol. The second kappa shape index (κ2) is 14.3. The van der Waals surface area contributed by atoms with Crippen LogP contribution in [0.2, 0.25) is 5.02 Å². The molecule has 0 saturated carbocycles. The van der Waals surface area contributed by atoms with Crippen molar-refractivity contribution in [1.29, 1.82) is 0 Å². The number of ether oxygens (including phenoxy) is 5. The highest BCUT2D eigenvalue weighted by Crippen LogP contribution is 2.37. The van der Waals surface area contributed by atoms with E-state index in [1.807, 2.05) is 24.3 Å². The molecule has 1 aliphatic rings. The molecule has 0 unspecified atom stereocenters. The number of hydrogen-bond donors (Lipinski definition) is 3. The van der Waals surface area contributed by atoms with Crippen molar-refractivity contribution in [1.82, 2.24) is 0 Å². The molecule has 0 spiro atoms. The fraction of sp³-hybridized carbons (Fsp3) is 0.429. The topological polar surface area (TPSA) is 141 Å². The van der Waals surface area contributed by atoms with E-state index in [0.29, 0.717) is 12.8 Å². The van der Waals surface area contributed by atoms with E-state index in [9.17, 15) is 24.9 Å². The molecule has 5 atom stereocenters. The van der Waals surface area contributed by atoms with E-state index in [2.05, 4.69) is 5.92 Å². The SMILES string of the molecule is C#CCCC(=O)Cc1cccc(COc2c(Cl)cc(C(=O)OC[C@H]3O[C@@H](OC)[C@H](O)[C@@H](O)[C@@H]3O)cc2OC)c1. The second-order valence-corrected chi connectivity index (χ2v) is 9.27. The molecule has 3 rings (SSSR count). The first-order chi connectivity index (χ1) is 18.7. The van der Waals surface area contributed by atoms with E-state index in [4.69, 9.17) is 41.7 Å². The molecule has 39 heavy (non-hydrogen) atoms. The molecule has 1 saturated heterocycles. The van der Waals surface area contributed by atoms with Crippen LogP contribution in [0.1, 0.15) is 34.3 Å². The molecule has 2 aromatic carbocycles. The largest absolute Gasteiger partial charge is 0.493 e. The molecule has 0 aromatic heterocycles. The van der Waals surface area contributed by atoms with E-state index >= 15 is 0 Å². The molecular formula is C28H31ClO10. The lowest BCUT2D eigenvalue weighted by Gasteiger charge is -2.39. The Morgan fingerprint density at radius 2 is 1.82 bits per heavy atom. The Labute approximate surface area is 231 Å². The van der Waals surface area contributed by atoms with E-state index < -0.39 is 43.3 Å². The average molecular weight is 563 g/mol. The number of hydrogen-bond acceptors (Lipinski definition) is 10. The Morgan fingerprint density at radius 1 is 1.08 bits per heavy atom. The summed E-state index contributed by atoms with van der Waals surface area (Å²) < 4.78 is 26.8. The number of methoxy groups -OCH3 is 2. The van der Waals surface area contributed by atoms with Crippen LogP contribution in [0, 0.1) is 12.3 Å². The van der Waals surface area contributed by atoms with E-state index in [1.165, 1.54) is 26.4 Å². The summed E-state index contributed by atoms with van der Waals surface area (Å²) in [7, 11) is 2.65. The summed E-state index contributed by atoms with van der Waals surface area (Å²) >= 11 is 6.40. The summed E-state index contributed by atoms with van der Waals surface area (Å²) in [4.78, 5) is 24.7. The number of rotatable bonds is 12. The van der Waals surface area contributed by atoms with Crippen molar-refractivity contribution in [3.63, 3.8) is 0 Å². The molecule has 210 valence electrons. The highest BCUT2D eigenvalue weighted by atomic mass is 35.5. The van der Waals surface area contributed by atoms with Gasteiger partial charge in [-0.2, -0.15) is 0 Å². The lowest BCUT2D eigenvalue weighted by molar-refractivity contribution is -0.294. The van der Waals surface area contributed by atoms with Gasteiger partial charge in [0.1, 0.15) is 43.4 Å². The van der Waals surface area contributed by atoms with E-state index in [1.54, 1.807) is 0 Å². The van der Waals surface area contributed by atoms with Crippen LogP contribution in [0.25, 0.3) is 0 Å². The molecule has 1 fully saturated rings. The molecule has 0 bridgehead atoms. The predicted octanol–water partition coefficient (Wildman–Crippen LogP) is 2.06. The van der Waals surface area contributed by atoms with Gasteiger partial charge in [-0.3, -0.25) is 4.79 Å². The summed E-state index contributed by atoms with van der Waals surface area (Å²) in [6.07, 6.45) is -0.638. The molecule has 11 heteroatoms. The van der Waals surface area contributed by atoms with Crippen LogP contribution in [0.5, 0.6) is 11.5 Å². The minimum absolute atomic E-state index is 0.0471. The number of aliphatic hydroxyl groups is 3. The van der Waals surface area contributed by atoms with Crippen LogP contribution in [-0.2, 0) is 32.0 Å². The number of ketones is 1. The van der Waals surface area contributed by atoms with Gasteiger partial charge < -0.3 is 39.0 Å². The van der Waals surface area contributed by atoms with E-state index in [0.717, 1.165) is 11.1 Å². The average Bonchev–Trinajstić information content (AvgIpc) is 2.93. The van der Waals surface area contributed by atoms with Gasteiger partial charge in [0.05, 0.1) is 17.7 Å². The predicted molar refractivity (Wildman–Crippen MR) is 140 cm³/mol. The number of benzene rings is 2. The molecule has 0 radical (unpaired) electrons. The Morgan fingerprint density at radius 3 is 2.51 bits per heavy atom. The van der Waals surface area contributed by atoms with Crippen molar-refractivity contribution in [2.24, 2.45) is 0 Å². The van der Waals surface area contributed by atoms with Crippen molar-refractivity contribution in [2.75, 3.05) is 20.8 Å². The number of terminal acetylenes is 1. The van der Waals surface area contributed by atoms with Crippen LogP contribution in [0.4, 0.5) is 0 Å². The standard InChI is InChI=1S/C28H31ClO10/c1-4-5-9-19(30)11-16-7-6-8-17(10-16)14-37-26-20(29)12-18(13-21(26)35-2)27(34)38-15-22-23(31)24(32)25(33)28(36-3)39-22/h1,6-8,10,12-13,22-25,28,31-33H,5,9,11,14-15H2,2-3H3/t22-,23-,24+,25-,28-/m1/s1. The molecule has 0 aliphatic carbocycles. The van der Waals surface area contributed by atoms with Gasteiger partial charge in [-0.05, 0) is 23.3 Å². The number of carbonyl (C=O) groups excluding carboxylic acids is 2. The van der Waals surface area contributed by atoms with Crippen LogP contribution < -0.4 is 9.47 Å². The molecule has 1 aliphatic heterocycles. The number of halogens is 1. The van der Waals surface area contributed by atoms with Crippen molar-refractivity contribution >= 4 is 23.4 Å². The smallest absolute Gasteiger partial charge is 0.338 e. The molecular weight excluding hydrogens is 532 g/mol. The van der Waals surface area contributed by atoms with Gasteiger partial charge >= 0.3 is 5.97 Å². The fourth-order valence-corrected chi connectivity index (χ4v) is 4.25. The summed E-state index contributed by atoms with van der Waals surface area (Å²) in [6, 6.07) is 10.1. The first kappa shape index (κ1) is 30.4. The third-order valence-corrected chi connectivity index (χ3v) is 6.35. The highest BCUT2D eigenvalue weighted by Gasteiger charge is 2.44. The fourth-order valence-electron chi connectivity index (χ4n) is 3.98. The molecule has 1 heterocycles. The maximum atomic E-state index is 12.7. The van der Waals surface area contributed by atoms with Gasteiger partial charge in [-0.25, -0.2) is 4.79 Å². The summed E-state index contributed by atoms with van der Waals surface area (Å²) in [5.74, 6) is 2.10. The second-order valence-electron chi connectivity index (χ2n) is 8.87. The zero-order valence-electron chi connectivity index (χ0n) is 21.5. The molecule has 3 N–H and O–H groups in total. The number of aliphatic hydroxyl groups excluding tert-OH is 3. The minimum atomic E-state index is -1.55.